The summed E-state index contributed by atoms with van der Waals surface area (Å²) in [6, 6.07) is 1.28. The van der Waals surface area contributed by atoms with Crippen molar-refractivity contribution in [3.63, 3.8) is 0 Å². The fourth-order valence-corrected chi connectivity index (χ4v) is 4.08. The molecule has 2 nitrogen and oxygen atoms in total. The van der Waals surface area contributed by atoms with Crippen molar-refractivity contribution >= 4 is 11.8 Å². The number of nitrogens with one attached hydrogen (secondary N) is 1. The summed E-state index contributed by atoms with van der Waals surface area (Å²) in [5.41, 5.74) is 0. The zero-order valence-electron chi connectivity index (χ0n) is 10.2. The molecule has 94 valence electrons. The predicted molar refractivity (Wildman–Crippen MR) is 70.9 cm³/mol. The molecule has 0 aromatic rings. The molecule has 1 saturated heterocycles. The minimum Gasteiger partial charge on any atom is -0.396 e. The second kappa shape index (κ2) is 6.87. The second-order valence-corrected chi connectivity index (χ2v) is 6.42. The summed E-state index contributed by atoms with van der Waals surface area (Å²) in [5.74, 6) is 3.12. The van der Waals surface area contributed by atoms with Crippen LogP contribution in [0, 0.1) is 5.92 Å². The zero-order valence-corrected chi connectivity index (χ0v) is 11.0. The molecule has 0 spiro atoms. The highest BCUT2D eigenvalue weighted by molar-refractivity contribution is 7.99. The fraction of sp³-hybridized carbons (Fsp3) is 1.00. The highest BCUT2D eigenvalue weighted by atomic mass is 32.2. The monoisotopic (exact) mass is 243 g/mol. The second-order valence-electron chi connectivity index (χ2n) is 5.27. The van der Waals surface area contributed by atoms with Crippen LogP contribution < -0.4 is 5.32 Å². The molecule has 2 rings (SSSR count). The van der Waals surface area contributed by atoms with E-state index in [1.54, 1.807) is 0 Å². The molecular weight excluding hydrogens is 218 g/mol. The number of hydrogen-bond donors (Lipinski definition) is 2. The third-order valence-corrected chi connectivity index (χ3v) is 5.22. The van der Waals surface area contributed by atoms with Gasteiger partial charge in [0.1, 0.15) is 0 Å². The highest BCUT2D eigenvalue weighted by Crippen LogP contribution is 2.25. The summed E-state index contributed by atoms with van der Waals surface area (Å²) in [5, 5.41) is 13.3. The van der Waals surface area contributed by atoms with Gasteiger partial charge in [0.2, 0.25) is 0 Å². The van der Waals surface area contributed by atoms with Crippen LogP contribution in [0.2, 0.25) is 0 Å². The number of aliphatic hydroxyl groups is 1. The lowest BCUT2D eigenvalue weighted by molar-refractivity contribution is 0.175. The Kier molecular flexibility index (Phi) is 5.46. The summed E-state index contributed by atoms with van der Waals surface area (Å²) in [6.45, 7) is 0.373. The van der Waals surface area contributed by atoms with E-state index in [-0.39, 0.29) is 0 Å². The Morgan fingerprint density at radius 1 is 1.06 bits per heavy atom. The third-order valence-electron chi connectivity index (χ3n) is 4.00. The van der Waals surface area contributed by atoms with E-state index in [4.69, 9.17) is 0 Å². The van der Waals surface area contributed by atoms with E-state index in [0.29, 0.717) is 24.6 Å². The van der Waals surface area contributed by atoms with E-state index in [0.717, 1.165) is 0 Å². The predicted octanol–water partition coefficient (Wildman–Crippen LogP) is 2.41. The Balaban J connectivity index is 1.83. The van der Waals surface area contributed by atoms with Crippen molar-refractivity contribution in [1.82, 2.24) is 5.32 Å². The molecule has 1 heterocycles. The average molecular weight is 243 g/mol. The van der Waals surface area contributed by atoms with Gasteiger partial charge in [0, 0.05) is 24.4 Å². The van der Waals surface area contributed by atoms with Gasteiger partial charge in [0.05, 0.1) is 0 Å². The molecular formula is C13H25NOS. The maximum atomic E-state index is 9.47. The van der Waals surface area contributed by atoms with Crippen molar-refractivity contribution in [2.45, 2.75) is 57.0 Å². The van der Waals surface area contributed by atoms with Crippen molar-refractivity contribution in [3.05, 3.63) is 0 Å². The Labute approximate surface area is 104 Å². The summed E-state index contributed by atoms with van der Waals surface area (Å²) in [6.07, 6.45) is 9.19. The molecule has 1 aliphatic heterocycles. The quantitative estimate of drug-likeness (QED) is 0.747. The van der Waals surface area contributed by atoms with Crippen molar-refractivity contribution < 1.29 is 5.11 Å². The first kappa shape index (κ1) is 12.7. The standard InChI is InChI=1S/C13H25NOS/c15-9-11-5-2-1-3-7-13(11)14-12-6-4-8-16-10-12/h11-15H,1-10H2/t11-,12-,13-/m1/s1. The minimum absolute atomic E-state index is 0.373. The summed E-state index contributed by atoms with van der Waals surface area (Å²) >= 11 is 2.08. The summed E-state index contributed by atoms with van der Waals surface area (Å²) in [4.78, 5) is 0. The lowest BCUT2D eigenvalue weighted by Crippen LogP contribution is -2.45. The van der Waals surface area contributed by atoms with Crippen molar-refractivity contribution in [2.75, 3.05) is 18.1 Å². The molecule has 3 atom stereocenters. The van der Waals surface area contributed by atoms with E-state index >= 15 is 0 Å². The van der Waals surface area contributed by atoms with Crippen LogP contribution in [0.25, 0.3) is 0 Å². The topological polar surface area (TPSA) is 32.3 Å². The van der Waals surface area contributed by atoms with Crippen LogP contribution in [-0.4, -0.2) is 35.3 Å². The van der Waals surface area contributed by atoms with E-state index < -0.39 is 0 Å². The molecule has 0 bridgehead atoms. The van der Waals surface area contributed by atoms with E-state index in [2.05, 4.69) is 17.1 Å². The van der Waals surface area contributed by atoms with Crippen LogP contribution in [0.5, 0.6) is 0 Å². The van der Waals surface area contributed by atoms with Crippen LogP contribution in [0.1, 0.15) is 44.9 Å². The molecule has 0 unspecified atom stereocenters. The van der Waals surface area contributed by atoms with Gasteiger partial charge < -0.3 is 10.4 Å². The van der Waals surface area contributed by atoms with Crippen LogP contribution in [0.15, 0.2) is 0 Å². The number of rotatable bonds is 3. The van der Waals surface area contributed by atoms with Gasteiger partial charge in [0.15, 0.2) is 0 Å². The number of hydrogen-bond acceptors (Lipinski definition) is 3. The lowest BCUT2D eigenvalue weighted by atomic mass is 9.94. The Hall–Kier alpha value is 0.270. The number of aliphatic hydroxyl groups excluding tert-OH is 1. The van der Waals surface area contributed by atoms with Gasteiger partial charge in [-0.2, -0.15) is 11.8 Å². The molecule has 2 aliphatic rings. The van der Waals surface area contributed by atoms with Crippen molar-refractivity contribution in [1.29, 1.82) is 0 Å². The van der Waals surface area contributed by atoms with Crippen LogP contribution in [0.3, 0.4) is 0 Å². The first-order chi connectivity index (χ1) is 7.90. The normalized spacial score (nSPS) is 36.9. The Morgan fingerprint density at radius 2 is 1.94 bits per heavy atom. The van der Waals surface area contributed by atoms with E-state index in [9.17, 15) is 5.11 Å². The largest absolute Gasteiger partial charge is 0.396 e. The summed E-state index contributed by atoms with van der Waals surface area (Å²) < 4.78 is 0. The Bertz CT molecular complexity index is 194. The maximum Gasteiger partial charge on any atom is 0.0474 e. The average Bonchev–Trinajstić information content (AvgIpc) is 2.55. The first-order valence-electron chi connectivity index (χ1n) is 6.85. The molecule has 1 aliphatic carbocycles. The van der Waals surface area contributed by atoms with Crippen LogP contribution in [-0.2, 0) is 0 Å². The van der Waals surface area contributed by atoms with Crippen LogP contribution in [0.4, 0.5) is 0 Å². The zero-order chi connectivity index (χ0) is 11.2. The minimum atomic E-state index is 0.373. The van der Waals surface area contributed by atoms with Gasteiger partial charge in [0.25, 0.3) is 0 Å². The van der Waals surface area contributed by atoms with Gasteiger partial charge in [-0.05, 0) is 37.4 Å². The van der Waals surface area contributed by atoms with Gasteiger partial charge in [-0.3, -0.25) is 0 Å². The third kappa shape index (κ3) is 3.64. The summed E-state index contributed by atoms with van der Waals surface area (Å²) in [7, 11) is 0. The molecule has 1 saturated carbocycles. The van der Waals surface area contributed by atoms with Gasteiger partial charge in [-0.1, -0.05) is 19.3 Å². The van der Waals surface area contributed by atoms with E-state index in [1.165, 1.54) is 56.5 Å². The van der Waals surface area contributed by atoms with Crippen molar-refractivity contribution in [3.8, 4) is 0 Å². The van der Waals surface area contributed by atoms with Crippen LogP contribution >= 0.6 is 11.8 Å². The molecule has 2 N–H and O–H groups in total. The highest BCUT2D eigenvalue weighted by Gasteiger charge is 2.25. The number of thioether (sulfide) groups is 1. The first-order valence-corrected chi connectivity index (χ1v) is 8.00. The lowest BCUT2D eigenvalue weighted by Gasteiger charge is -2.31. The van der Waals surface area contributed by atoms with E-state index in [1.807, 2.05) is 0 Å². The molecule has 0 radical (unpaired) electrons. The Morgan fingerprint density at radius 3 is 2.69 bits per heavy atom. The molecule has 0 amide bonds. The molecule has 2 fully saturated rings. The fourth-order valence-electron chi connectivity index (χ4n) is 3.00. The van der Waals surface area contributed by atoms with Gasteiger partial charge >= 0.3 is 0 Å². The molecule has 0 aromatic heterocycles. The molecule has 0 aromatic carbocycles. The van der Waals surface area contributed by atoms with Gasteiger partial charge in [-0.15, -0.1) is 0 Å². The SMILES string of the molecule is OC[C@H]1CCCCC[C@H]1N[C@@H]1CCCSC1. The molecule has 16 heavy (non-hydrogen) atoms. The molecule has 3 heteroatoms. The maximum absolute atomic E-state index is 9.47. The van der Waals surface area contributed by atoms with Crippen molar-refractivity contribution in [2.24, 2.45) is 5.92 Å². The van der Waals surface area contributed by atoms with Gasteiger partial charge in [-0.25, -0.2) is 0 Å². The smallest absolute Gasteiger partial charge is 0.0474 e.